The minimum Gasteiger partial charge on any atom is -0.483 e. The quantitative estimate of drug-likeness (QED) is 0.861. The van der Waals surface area contributed by atoms with Crippen LogP contribution < -0.4 is 4.74 Å². The number of hydrogen-bond acceptors (Lipinski definition) is 3. The molecule has 0 saturated carbocycles. The van der Waals surface area contributed by atoms with Crippen LogP contribution in [0, 0.1) is 4.77 Å². The third kappa shape index (κ3) is 2.61. The molecular formula is C13H17N3OS. The molecule has 1 heterocycles. The molecule has 0 amide bonds. The minimum atomic E-state index is -0.143. The Labute approximate surface area is 112 Å². The highest BCUT2D eigenvalue weighted by Gasteiger charge is 2.13. The van der Waals surface area contributed by atoms with Gasteiger partial charge in [-0.05, 0) is 43.3 Å². The molecule has 0 fully saturated rings. The van der Waals surface area contributed by atoms with Gasteiger partial charge in [0.15, 0.2) is 16.7 Å². The van der Waals surface area contributed by atoms with Crippen molar-refractivity contribution in [1.82, 2.24) is 14.8 Å². The molecule has 1 N–H and O–H groups in total. The Kier molecular flexibility index (Phi) is 3.81. The minimum absolute atomic E-state index is 0.143. The van der Waals surface area contributed by atoms with Crippen LogP contribution in [0.4, 0.5) is 0 Å². The van der Waals surface area contributed by atoms with E-state index in [2.05, 4.69) is 29.3 Å². The smallest absolute Gasteiger partial charge is 0.195 e. The predicted octanol–water partition coefficient (Wildman–Crippen LogP) is 3.18. The number of H-pyrrole nitrogens is 1. The van der Waals surface area contributed by atoms with E-state index >= 15 is 0 Å². The van der Waals surface area contributed by atoms with E-state index in [0.29, 0.717) is 4.77 Å². The number of benzene rings is 1. The maximum atomic E-state index is 5.84. The Hall–Kier alpha value is -1.62. The molecule has 18 heavy (non-hydrogen) atoms. The monoisotopic (exact) mass is 263 g/mol. The number of hydrogen-bond donors (Lipinski definition) is 1. The molecule has 1 atom stereocenters. The zero-order valence-corrected chi connectivity index (χ0v) is 11.6. The largest absolute Gasteiger partial charge is 0.483 e. The van der Waals surface area contributed by atoms with Gasteiger partial charge in [0.2, 0.25) is 0 Å². The average molecular weight is 263 g/mol. The number of nitrogens with one attached hydrogen (secondary N) is 1. The molecule has 4 nitrogen and oxygen atoms in total. The number of aryl methyl sites for hydroxylation is 1. The van der Waals surface area contributed by atoms with E-state index in [1.54, 1.807) is 0 Å². The first-order chi connectivity index (χ1) is 8.61. The Morgan fingerprint density at radius 2 is 2.06 bits per heavy atom. The highest BCUT2D eigenvalue weighted by atomic mass is 32.1. The molecule has 96 valence electrons. The number of nitrogens with zero attached hydrogens (tertiary/aromatic N) is 2. The summed E-state index contributed by atoms with van der Waals surface area (Å²) in [5, 5.41) is 6.92. The molecule has 0 aliphatic carbocycles. The molecule has 0 aliphatic heterocycles. The highest BCUT2D eigenvalue weighted by molar-refractivity contribution is 7.71. The van der Waals surface area contributed by atoms with Gasteiger partial charge in [-0.2, -0.15) is 5.10 Å². The molecular weight excluding hydrogens is 246 g/mol. The summed E-state index contributed by atoms with van der Waals surface area (Å²) in [5.74, 6) is 1.63. The van der Waals surface area contributed by atoms with Crippen molar-refractivity contribution in [2.45, 2.75) is 26.4 Å². The van der Waals surface area contributed by atoms with Crippen molar-refractivity contribution >= 4 is 12.2 Å². The van der Waals surface area contributed by atoms with Gasteiger partial charge in [-0.25, -0.2) is 0 Å². The van der Waals surface area contributed by atoms with Gasteiger partial charge in [0.1, 0.15) is 5.75 Å². The zero-order chi connectivity index (χ0) is 13.1. The van der Waals surface area contributed by atoms with Crippen molar-refractivity contribution in [2.24, 2.45) is 7.05 Å². The highest BCUT2D eigenvalue weighted by Crippen LogP contribution is 2.20. The van der Waals surface area contributed by atoms with Gasteiger partial charge in [0.05, 0.1) is 0 Å². The molecule has 0 aliphatic rings. The van der Waals surface area contributed by atoms with Crippen molar-refractivity contribution < 1.29 is 4.74 Å². The molecule has 2 rings (SSSR count). The average Bonchev–Trinajstić information content (AvgIpc) is 2.71. The lowest BCUT2D eigenvalue weighted by atomic mass is 10.2. The van der Waals surface area contributed by atoms with E-state index in [1.165, 1.54) is 5.56 Å². The second-order valence-electron chi connectivity index (χ2n) is 4.20. The van der Waals surface area contributed by atoms with Crippen LogP contribution in [0.25, 0.3) is 0 Å². The van der Waals surface area contributed by atoms with Crippen LogP contribution in [-0.4, -0.2) is 14.8 Å². The van der Waals surface area contributed by atoms with Crippen molar-refractivity contribution in [3.63, 3.8) is 0 Å². The molecule has 2 aromatic rings. The van der Waals surface area contributed by atoms with Crippen LogP contribution in [0.3, 0.4) is 0 Å². The van der Waals surface area contributed by atoms with E-state index in [4.69, 9.17) is 17.0 Å². The van der Waals surface area contributed by atoms with Crippen LogP contribution in [0.15, 0.2) is 24.3 Å². The number of rotatable bonds is 4. The Morgan fingerprint density at radius 3 is 2.56 bits per heavy atom. The lowest BCUT2D eigenvalue weighted by Gasteiger charge is -2.14. The summed E-state index contributed by atoms with van der Waals surface area (Å²) in [5.41, 5.74) is 1.30. The molecule has 0 radical (unpaired) electrons. The first kappa shape index (κ1) is 12.8. The van der Waals surface area contributed by atoms with Crippen molar-refractivity contribution in [2.75, 3.05) is 0 Å². The van der Waals surface area contributed by atoms with Gasteiger partial charge >= 0.3 is 0 Å². The maximum absolute atomic E-state index is 5.84. The van der Waals surface area contributed by atoms with Crippen LogP contribution in [0.5, 0.6) is 5.75 Å². The van der Waals surface area contributed by atoms with E-state index in [-0.39, 0.29) is 6.10 Å². The molecule has 1 aromatic carbocycles. The van der Waals surface area contributed by atoms with Gasteiger partial charge in [0.25, 0.3) is 0 Å². The standard InChI is InChI=1S/C13H17N3OS/c1-4-10-5-7-11(8-6-10)17-9(2)12-14-15-13(18)16(12)3/h5-9H,4H2,1-3H3,(H,15,18). The summed E-state index contributed by atoms with van der Waals surface area (Å²) >= 11 is 5.08. The second-order valence-corrected chi connectivity index (χ2v) is 4.59. The fourth-order valence-corrected chi connectivity index (χ4v) is 1.92. The summed E-state index contributed by atoms with van der Waals surface area (Å²) in [6.45, 7) is 4.09. The van der Waals surface area contributed by atoms with Crippen molar-refractivity contribution in [1.29, 1.82) is 0 Å². The van der Waals surface area contributed by atoms with E-state index in [9.17, 15) is 0 Å². The van der Waals surface area contributed by atoms with Gasteiger partial charge in [0, 0.05) is 7.05 Å². The Bertz CT molecular complexity index is 571. The van der Waals surface area contributed by atoms with Crippen LogP contribution in [0.2, 0.25) is 0 Å². The maximum Gasteiger partial charge on any atom is 0.195 e. The van der Waals surface area contributed by atoms with E-state index < -0.39 is 0 Å². The van der Waals surface area contributed by atoms with Gasteiger partial charge in [-0.1, -0.05) is 19.1 Å². The number of aromatic nitrogens is 3. The van der Waals surface area contributed by atoms with Gasteiger partial charge in [-0.3, -0.25) is 5.10 Å². The normalized spacial score (nSPS) is 12.4. The van der Waals surface area contributed by atoms with Crippen molar-refractivity contribution in [3.05, 3.63) is 40.4 Å². The summed E-state index contributed by atoms with van der Waals surface area (Å²) in [6.07, 6.45) is 0.888. The van der Waals surface area contributed by atoms with E-state index in [0.717, 1.165) is 18.0 Å². The fraction of sp³-hybridized carbons (Fsp3) is 0.385. The molecule has 0 saturated heterocycles. The van der Waals surface area contributed by atoms with Crippen LogP contribution >= 0.6 is 12.2 Å². The lowest BCUT2D eigenvalue weighted by molar-refractivity contribution is 0.212. The SMILES string of the molecule is CCc1ccc(OC(C)c2n[nH]c(=S)n2C)cc1. The third-order valence-electron chi connectivity index (χ3n) is 2.92. The summed E-state index contributed by atoms with van der Waals surface area (Å²) < 4.78 is 8.26. The van der Waals surface area contributed by atoms with Gasteiger partial charge in [-0.15, -0.1) is 0 Å². The summed E-state index contributed by atoms with van der Waals surface area (Å²) in [4.78, 5) is 0. The second kappa shape index (κ2) is 5.35. The summed E-state index contributed by atoms with van der Waals surface area (Å²) in [7, 11) is 1.88. The lowest BCUT2D eigenvalue weighted by Crippen LogP contribution is -2.09. The molecule has 1 unspecified atom stereocenters. The topological polar surface area (TPSA) is 42.8 Å². The molecule has 5 heteroatoms. The zero-order valence-electron chi connectivity index (χ0n) is 10.8. The first-order valence-electron chi connectivity index (χ1n) is 5.98. The predicted molar refractivity (Wildman–Crippen MR) is 73.3 cm³/mol. The Balaban J connectivity index is 2.13. The van der Waals surface area contributed by atoms with E-state index in [1.807, 2.05) is 30.7 Å². The third-order valence-corrected chi connectivity index (χ3v) is 3.29. The number of aromatic amines is 1. The first-order valence-corrected chi connectivity index (χ1v) is 6.39. The molecule has 0 bridgehead atoms. The molecule has 0 spiro atoms. The van der Waals surface area contributed by atoms with Crippen molar-refractivity contribution in [3.8, 4) is 5.75 Å². The fourth-order valence-electron chi connectivity index (χ4n) is 1.78. The van der Waals surface area contributed by atoms with Crippen LogP contribution in [-0.2, 0) is 13.5 Å². The Morgan fingerprint density at radius 1 is 1.39 bits per heavy atom. The molecule has 1 aromatic heterocycles. The number of ether oxygens (including phenoxy) is 1. The van der Waals surface area contributed by atoms with Crippen LogP contribution in [0.1, 0.15) is 31.3 Å². The summed E-state index contributed by atoms with van der Waals surface area (Å²) in [6, 6.07) is 8.11. The van der Waals surface area contributed by atoms with Gasteiger partial charge < -0.3 is 9.30 Å².